The number of fused-ring (bicyclic) bond motifs is 6. The number of para-hydroxylation sites is 2. The lowest BCUT2D eigenvalue weighted by atomic mass is 9.34. The van der Waals surface area contributed by atoms with Crippen LogP contribution in [-0.2, 0) is 0 Å². The second kappa shape index (κ2) is 16.3. The van der Waals surface area contributed by atoms with Crippen LogP contribution in [0.3, 0.4) is 0 Å². The number of hydrogen-bond acceptors (Lipinski definition) is 3. The fraction of sp³-hybridized carbons (Fsp3) is 0.0312. The molecule has 2 heterocycles. The van der Waals surface area contributed by atoms with E-state index < -0.39 is 0 Å². The van der Waals surface area contributed by atoms with Crippen molar-refractivity contribution in [2.75, 3.05) is 4.90 Å². The Morgan fingerprint density at radius 3 is 1.91 bits per heavy atom. The summed E-state index contributed by atoms with van der Waals surface area (Å²) in [5, 5.41) is 6.62. The van der Waals surface area contributed by atoms with Gasteiger partial charge in [0.1, 0.15) is 22.9 Å². The third-order valence-corrected chi connectivity index (χ3v) is 14.1. The molecule has 0 amide bonds. The Balaban J connectivity index is 1.03. The molecule has 0 bridgehead atoms. The second-order valence-corrected chi connectivity index (χ2v) is 18.1. The van der Waals surface area contributed by atoms with Crippen LogP contribution in [0.5, 0.6) is 11.5 Å². The van der Waals surface area contributed by atoms with Gasteiger partial charge in [-0.15, -0.1) is 0 Å². The van der Waals surface area contributed by atoms with E-state index in [0.29, 0.717) is 22.7 Å². The van der Waals surface area contributed by atoms with Crippen molar-refractivity contribution < 1.29 is 13.5 Å². The maximum Gasteiger partial charge on any atom is 0.243 e. The first-order chi connectivity index (χ1) is 34.0. The van der Waals surface area contributed by atoms with E-state index in [1.807, 2.05) is 95.9 Å². The molecule has 0 saturated carbocycles. The molecule has 1 aliphatic heterocycles. The van der Waals surface area contributed by atoms with E-state index >= 15 is 4.39 Å². The normalized spacial score (nSPS) is 11.8. The van der Waals surface area contributed by atoms with Crippen molar-refractivity contribution in [3.63, 3.8) is 0 Å². The van der Waals surface area contributed by atoms with Gasteiger partial charge >= 0.3 is 0 Å². The van der Waals surface area contributed by atoms with E-state index in [9.17, 15) is 0 Å². The van der Waals surface area contributed by atoms with Gasteiger partial charge in [-0.05, 0) is 94.7 Å². The average molecular weight is 888 g/mol. The Morgan fingerprint density at radius 1 is 0.449 bits per heavy atom. The van der Waals surface area contributed by atoms with Gasteiger partial charge in [-0.1, -0.05) is 203 Å². The number of halogens is 1. The van der Waals surface area contributed by atoms with Crippen molar-refractivity contribution in [1.82, 2.24) is 0 Å². The number of rotatable bonds is 8. The molecule has 0 atom stereocenters. The van der Waals surface area contributed by atoms with Crippen molar-refractivity contribution >= 4 is 83.6 Å². The molecule has 13 rings (SSSR count). The van der Waals surface area contributed by atoms with Crippen molar-refractivity contribution in [2.45, 2.75) is 13.8 Å². The molecule has 69 heavy (non-hydrogen) atoms. The minimum atomic E-state index is -0.366. The van der Waals surface area contributed by atoms with E-state index in [4.69, 9.17) is 9.15 Å². The van der Waals surface area contributed by atoms with Gasteiger partial charge < -0.3 is 14.1 Å². The summed E-state index contributed by atoms with van der Waals surface area (Å²) in [5.74, 6) is 1.10. The largest absolute Gasteiger partial charge is 0.456 e. The lowest BCUT2D eigenvalue weighted by Gasteiger charge is -2.30. The predicted octanol–water partition coefficient (Wildman–Crippen LogP) is 15.7. The minimum Gasteiger partial charge on any atom is -0.456 e. The summed E-state index contributed by atoms with van der Waals surface area (Å²) >= 11 is 0. The molecule has 5 heteroatoms. The van der Waals surface area contributed by atoms with Crippen LogP contribution < -0.4 is 26.0 Å². The molecule has 0 aliphatic carbocycles. The Morgan fingerprint density at radius 2 is 1.09 bits per heavy atom. The fourth-order valence-corrected chi connectivity index (χ4v) is 11.1. The zero-order valence-electron chi connectivity index (χ0n) is 38.1. The zero-order valence-corrected chi connectivity index (χ0v) is 38.1. The van der Waals surface area contributed by atoms with Crippen LogP contribution >= 0.6 is 0 Å². The zero-order chi connectivity index (χ0) is 46.2. The summed E-state index contributed by atoms with van der Waals surface area (Å²) < 4.78 is 31.6. The van der Waals surface area contributed by atoms with Crippen LogP contribution in [0.2, 0.25) is 0 Å². The van der Waals surface area contributed by atoms with Crippen molar-refractivity contribution in [3.05, 3.63) is 241 Å². The molecule has 0 fully saturated rings. The smallest absolute Gasteiger partial charge is 0.243 e. The third-order valence-electron chi connectivity index (χ3n) is 14.1. The summed E-state index contributed by atoms with van der Waals surface area (Å²) in [6, 6.07) is 77.3. The van der Waals surface area contributed by atoms with Gasteiger partial charge in [0.15, 0.2) is 5.58 Å². The molecule has 326 valence electrons. The quantitative estimate of drug-likeness (QED) is 0.142. The second-order valence-electron chi connectivity index (χ2n) is 18.1. The van der Waals surface area contributed by atoms with Crippen LogP contribution in [0.4, 0.5) is 21.5 Å². The van der Waals surface area contributed by atoms with Crippen molar-refractivity contribution in [1.29, 1.82) is 0 Å². The van der Waals surface area contributed by atoms with Gasteiger partial charge in [0.2, 0.25) is 6.71 Å². The highest BCUT2D eigenvalue weighted by Crippen LogP contribution is 2.52. The Bertz CT molecular complexity index is 3970. The Labute approximate surface area is 400 Å². The van der Waals surface area contributed by atoms with Crippen LogP contribution in [0.25, 0.3) is 76.9 Å². The summed E-state index contributed by atoms with van der Waals surface area (Å²) in [6.07, 6.45) is 0. The van der Waals surface area contributed by atoms with Gasteiger partial charge in [-0.2, -0.15) is 0 Å². The molecule has 0 unspecified atom stereocenters. The highest BCUT2D eigenvalue weighted by atomic mass is 19.1. The number of aryl methyl sites for hydroxylation is 2. The number of benzene rings is 11. The van der Waals surface area contributed by atoms with Crippen LogP contribution in [-0.4, -0.2) is 6.71 Å². The number of furan rings is 1. The lowest BCUT2D eigenvalue weighted by Crippen LogP contribution is -2.54. The SMILES string of the molecule is Cc1cccc(C)c1B(c1cccc2ccccc12)c1ccc2c3c(cccc13)Oc1cc(N(c3c(F)cc(-c4ccccc4)cc3-c3ccccc3)c3cccc4c3oc3ccccc34)ccc1-2. The van der Waals surface area contributed by atoms with Crippen LogP contribution in [0.15, 0.2) is 229 Å². The van der Waals surface area contributed by atoms with E-state index in [2.05, 4.69) is 141 Å². The van der Waals surface area contributed by atoms with Crippen molar-refractivity contribution in [3.8, 4) is 44.9 Å². The average Bonchev–Trinajstić information content (AvgIpc) is 3.78. The molecule has 12 aromatic rings. The van der Waals surface area contributed by atoms with E-state index in [-0.39, 0.29) is 12.5 Å². The molecule has 0 saturated heterocycles. The van der Waals surface area contributed by atoms with E-state index in [0.717, 1.165) is 71.9 Å². The van der Waals surface area contributed by atoms with Gasteiger partial charge in [-0.3, -0.25) is 0 Å². The maximum atomic E-state index is 17.8. The first-order valence-electron chi connectivity index (χ1n) is 23.5. The van der Waals surface area contributed by atoms with Gasteiger partial charge in [0.05, 0.1) is 17.1 Å². The van der Waals surface area contributed by atoms with Gasteiger partial charge in [-0.25, -0.2) is 4.39 Å². The summed E-state index contributed by atoms with van der Waals surface area (Å²) in [7, 11) is 0. The Kier molecular flexibility index (Phi) is 9.58. The molecule has 0 N–H and O–H groups in total. The third kappa shape index (κ3) is 6.64. The molecule has 1 aliphatic rings. The molecule has 0 radical (unpaired) electrons. The number of ether oxygens (including phenoxy) is 1. The van der Waals surface area contributed by atoms with Crippen LogP contribution in [0.1, 0.15) is 11.1 Å². The highest BCUT2D eigenvalue weighted by molar-refractivity contribution is 6.98. The number of nitrogens with zero attached hydrogens (tertiary/aromatic N) is 1. The fourth-order valence-electron chi connectivity index (χ4n) is 11.1. The number of anilines is 3. The molecule has 3 nitrogen and oxygen atoms in total. The minimum absolute atomic E-state index is 0.0399. The first kappa shape index (κ1) is 40.6. The molecule has 1 aromatic heterocycles. The molecule has 0 spiro atoms. The molecular formula is C64H43BFNO2. The predicted molar refractivity (Wildman–Crippen MR) is 287 cm³/mol. The number of hydrogen-bond donors (Lipinski definition) is 0. The Hall–Kier alpha value is -8.67. The summed E-state index contributed by atoms with van der Waals surface area (Å²) in [6.45, 7) is 4.42. The van der Waals surface area contributed by atoms with E-state index in [1.165, 1.54) is 38.3 Å². The summed E-state index contributed by atoms with van der Waals surface area (Å²) in [5.41, 5.74) is 15.0. The molecular weight excluding hydrogens is 845 g/mol. The lowest BCUT2D eigenvalue weighted by molar-refractivity contribution is 0.487. The van der Waals surface area contributed by atoms with Crippen molar-refractivity contribution in [2.24, 2.45) is 0 Å². The van der Waals surface area contributed by atoms with Crippen LogP contribution in [0, 0.1) is 19.7 Å². The summed E-state index contributed by atoms with van der Waals surface area (Å²) in [4.78, 5) is 2.01. The topological polar surface area (TPSA) is 25.6 Å². The van der Waals surface area contributed by atoms with Gasteiger partial charge in [0, 0.05) is 33.4 Å². The van der Waals surface area contributed by atoms with E-state index in [1.54, 1.807) is 6.07 Å². The van der Waals surface area contributed by atoms with Gasteiger partial charge in [0.25, 0.3) is 0 Å². The molecule has 11 aromatic carbocycles. The standard InChI is InChI=1S/C64H43BFNO2/c1-40-17-13-18-41(2)62(40)65(54-29-14-24-43-23-9-10-25-47(43)54)55-36-35-50-49-34-33-46(39-60(49)68-59-32-16-28-52(55)61(50)59)67(57-30-15-27-51-48-26-11-12-31-58(48)69-64(51)57)63-53(44-21-7-4-8-22-44)37-45(38-56(63)66)42-19-5-3-6-20-42/h3-39H,1-2H3. The maximum absolute atomic E-state index is 17.8. The highest BCUT2D eigenvalue weighted by Gasteiger charge is 2.32. The first-order valence-corrected chi connectivity index (χ1v) is 23.5. The monoisotopic (exact) mass is 887 g/mol.